The molecule has 1 aromatic carbocycles. The topological polar surface area (TPSA) is 54.5 Å². The number of nitrogens with zero attached hydrogens (tertiary/aromatic N) is 1. The van der Waals surface area contributed by atoms with E-state index >= 15 is 0 Å². The predicted molar refractivity (Wildman–Crippen MR) is 72.8 cm³/mol. The van der Waals surface area contributed by atoms with E-state index in [1.165, 1.54) is 18.2 Å². The Bertz CT molecular complexity index is 604. The molecule has 4 nitrogen and oxygen atoms in total. The lowest BCUT2D eigenvalue weighted by Gasteiger charge is -2.16. The van der Waals surface area contributed by atoms with Crippen LogP contribution >= 0.6 is 0 Å². The maximum Gasteiger partial charge on any atom is 0.233 e. The van der Waals surface area contributed by atoms with Crippen LogP contribution in [0.2, 0.25) is 0 Å². The standard InChI is InChI=1S/C16H16FNO3/c1-9-5-12-13(6-9)16(21)18(15(12)20)8-14(19)10-3-2-4-11(17)7-10/h2-4,7,9,12-13H,5-6,8H2,1H3. The van der Waals surface area contributed by atoms with Crippen molar-refractivity contribution >= 4 is 17.6 Å². The van der Waals surface area contributed by atoms with E-state index in [0.29, 0.717) is 18.8 Å². The van der Waals surface area contributed by atoms with Gasteiger partial charge in [-0.2, -0.15) is 0 Å². The second kappa shape index (κ2) is 5.06. The molecule has 0 aromatic heterocycles. The monoisotopic (exact) mass is 289 g/mol. The Morgan fingerprint density at radius 3 is 2.43 bits per heavy atom. The van der Waals surface area contributed by atoms with Crippen molar-refractivity contribution in [2.75, 3.05) is 6.54 Å². The number of rotatable bonds is 3. The van der Waals surface area contributed by atoms with Gasteiger partial charge >= 0.3 is 0 Å². The van der Waals surface area contributed by atoms with Crippen LogP contribution in [0.3, 0.4) is 0 Å². The van der Waals surface area contributed by atoms with Gasteiger partial charge in [0.25, 0.3) is 0 Å². The predicted octanol–water partition coefficient (Wildman–Crippen LogP) is 2.04. The summed E-state index contributed by atoms with van der Waals surface area (Å²) in [5, 5.41) is 0. The molecule has 2 fully saturated rings. The molecular weight excluding hydrogens is 273 g/mol. The Morgan fingerprint density at radius 2 is 1.86 bits per heavy atom. The van der Waals surface area contributed by atoms with Crippen molar-refractivity contribution in [1.82, 2.24) is 4.90 Å². The summed E-state index contributed by atoms with van der Waals surface area (Å²) in [4.78, 5) is 37.7. The summed E-state index contributed by atoms with van der Waals surface area (Å²) in [7, 11) is 0. The first-order valence-electron chi connectivity index (χ1n) is 7.11. The van der Waals surface area contributed by atoms with Crippen LogP contribution < -0.4 is 0 Å². The zero-order valence-corrected chi connectivity index (χ0v) is 11.7. The molecule has 110 valence electrons. The highest BCUT2D eigenvalue weighted by molar-refractivity contribution is 6.10. The third-order valence-corrected chi connectivity index (χ3v) is 4.41. The minimum Gasteiger partial charge on any atom is -0.292 e. The van der Waals surface area contributed by atoms with Crippen LogP contribution in [0.25, 0.3) is 0 Å². The molecule has 1 aromatic rings. The van der Waals surface area contributed by atoms with Gasteiger partial charge < -0.3 is 0 Å². The summed E-state index contributed by atoms with van der Waals surface area (Å²) >= 11 is 0. The van der Waals surface area contributed by atoms with E-state index in [9.17, 15) is 18.8 Å². The van der Waals surface area contributed by atoms with Crippen LogP contribution in [0.5, 0.6) is 0 Å². The van der Waals surface area contributed by atoms with Crippen LogP contribution in [-0.2, 0) is 9.59 Å². The van der Waals surface area contributed by atoms with Gasteiger partial charge in [-0.05, 0) is 30.9 Å². The van der Waals surface area contributed by atoms with Crippen molar-refractivity contribution < 1.29 is 18.8 Å². The highest BCUT2D eigenvalue weighted by Gasteiger charge is 2.51. The SMILES string of the molecule is CC1CC2C(=O)N(CC(=O)c3cccc(F)c3)C(=O)C2C1. The van der Waals surface area contributed by atoms with E-state index in [2.05, 4.69) is 0 Å². The Morgan fingerprint density at radius 1 is 1.24 bits per heavy atom. The van der Waals surface area contributed by atoms with Crippen LogP contribution in [0, 0.1) is 23.6 Å². The summed E-state index contributed by atoms with van der Waals surface area (Å²) < 4.78 is 13.1. The van der Waals surface area contributed by atoms with Gasteiger partial charge in [0, 0.05) is 5.56 Å². The minimum absolute atomic E-state index is 0.182. The summed E-state index contributed by atoms with van der Waals surface area (Å²) in [5.41, 5.74) is 0.182. The molecule has 2 aliphatic rings. The maximum atomic E-state index is 13.1. The molecule has 21 heavy (non-hydrogen) atoms. The first-order valence-corrected chi connectivity index (χ1v) is 7.11. The third-order valence-electron chi connectivity index (χ3n) is 4.41. The zero-order valence-electron chi connectivity index (χ0n) is 11.7. The van der Waals surface area contributed by atoms with Gasteiger partial charge in [0.1, 0.15) is 5.82 Å². The quantitative estimate of drug-likeness (QED) is 0.632. The lowest BCUT2D eigenvalue weighted by atomic mass is 10.00. The zero-order chi connectivity index (χ0) is 15.1. The van der Waals surface area contributed by atoms with Gasteiger partial charge in [0.05, 0.1) is 18.4 Å². The number of carbonyl (C=O) groups is 3. The number of likely N-dealkylation sites (tertiary alicyclic amines) is 1. The molecule has 1 aliphatic heterocycles. The highest BCUT2D eigenvalue weighted by atomic mass is 19.1. The molecule has 1 saturated heterocycles. The second-order valence-electron chi connectivity index (χ2n) is 5.99. The van der Waals surface area contributed by atoms with Crippen molar-refractivity contribution in [2.45, 2.75) is 19.8 Å². The molecule has 1 saturated carbocycles. The van der Waals surface area contributed by atoms with Gasteiger partial charge in [-0.3, -0.25) is 19.3 Å². The van der Waals surface area contributed by atoms with Crippen molar-refractivity contribution in [3.63, 3.8) is 0 Å². The van der Waals surface area contributed by atoms with E-state index in [-0.39, 0.29) is 35.8 Å². The molecule has 2 atom stereocenters. The average Bonchev–Trinajstić information content (AvgIpc) is 2.92. The van der Waals surface area contributed by atoms with Gasteiger partial charge in [-0.15, -0.1) is 0 Å². The fourth-order valence-electron chi connectivity index (χ4n) is 3.40. The summed E-state index contributed by atoms with van der Waals surface area (Å²) in [5.74, 6) is -1.59. The number of imide groups is 1. The largest absolute Gasteiger partial charge is 0.292 e. The number of Topliss-reactive ketones (excluding diaryl/α,β-unsaturated/α-hetero) is 1. The first kappa shape index (κ1) is 13.9. The molecule has 0 spiro atoms. The normalized spacial score (nSPS) is 28.1. The Balaban J connectivity index is 1.75. The van der Waals surface area contributed by atoms with Crippen LogP contribution in [-0.4, -0.2) is 29.0 Å². The van der Waals surface area contributed by atoms with Crippen LogP contribution in [0.1, 0.15) is 30.1 Å². The Hall–Kier alpha value is -2.04. The number of fused-ring (bicyclic) bond motifs is 1. The van der Waals surface area contributed by atoms with Crippen molar-refractivity contribution in [1.29, 1.82) is 0 Å². The summed E-state index contributed by atoms with van der Waals surface area (Å²) in [6, 6.07) is 5.29. The van der Waals surface area contributed by atoms with Crippen molar-refractivity contribution in [2.24, 2.45) is 17.8 Å². The average molecular weight is 289 g/mol. The molecule has 2 unspecified atom stereocenters. The fourth-order valence-corrected chi connectivity index (χ4v) is 3.40. The van der Waals surface area contributed by atoms with Gasteiger partial charge in [0.2, 0.25) is 11.8 Å². The van der Waals surface area contributed by atoms with E-state index in [1.54, 1.807) is 0 Å². The molecule has 0 N–H and O–H groups in total. The molecule has 1 heterocycles. The molecule has 2 amide bonds. The van der Waals surface area contributed by atoms with E-state index in [0.717, 1.165) is 11.0 Å². The molecule has 3 rings (SSSR count). The van der Waals surface area contributed by atoms with E-state index < -0.39 is 11.6 Å². The van der Waals surface area contributed by atoms with Crippen LogP contribution in [0.4, 0.5) is 4.39 Å². The van der Waals surface area contributed by atoms with E-state index in [4.69, 9.17) is 0 Å². The van der Waals surface area contributed by atoms with Gasteiger partial charge in [0.15, 0.2) is 5.78 Å². The van der Waals surface area contributed by atoms with Gasteiger partial charge in [-0.1, -0.05) is 19.1 Å². The van der Waals surface area contributed by atoms with E-state index in [1.807, 2.05) is 6.92 Å². The Labute approximate surface area is 121 Å². The number of hydrogen-bond donors (Lipinski definition) is 0. The molecule has 5 heteroatoms. The Kier molecular flexibility index (Phi) is 3.35. The first-order chi connectivity index (χ1) is 9.97. The second-order valence-corrected chi connectivity index (χ2v) is 5.99. The summed E-state index contributed by atoms with van der Waals surface area (Å²) in [6.07, 6.45) is 1.42. The molecule has 0 bridgehead atoms. The maximum absolute atomic E-state index is 13.1. The van der Waals surface area contributed by atoms with Crippen molar-refractivity contribution in [3.05, 3.63) is 35.6 Å². The van der Waals surface area contributed by atoms with Crippen molar-refractivity contribution in [3.8, 4) is 0 Å². The smallest absolute Gasteiger partial charge is 0.233 e. The van der Waals surface area contributed by atoms with Gasteiger partial charge in [-0.25, -0.2) is 4.39 Å². The number of halogens is 1. The lowest BCUT2D eigenvalue weighted by molar-refractivity contribution is -0.139. The molecule has 0 radical (unpaired) electrons. The van der Waals surface area contributed by atoms with Crippen LogP contribution in [0.15, 0.2) is 24.3 Å². The number of carbonyl (C=O) groups excluding carboxylic acids is 3. The highest BCUT2D eigenvalue weighted by Crippen LogP contribution is 2.42. The lowest BCUT2D eigenvalue weighted by Crippen LogP contribution is -2.36. The summed E-state index contributed by atoms with van der Waals surface area (Å²) in [6.45, 7) is 1.74. The fraction of sp³-hybridized carbons (Fsp3) is 0.438. The minimum atomic E-state index is -0.509. The molecular formula is C16H16FNO3. The third kappa shape index (κ3) is 2.37. The number of amides is 2. The number of ketones is 1. The number of benzene rings is 1. The molecule has 1 aliphatic carbocycles. The number of hydrogen-bond acceptors (Lipinski definition) is 3.